The van der Waals surface area contributed by atoms with Gasteiger partial charge < -0.3 is 4.74 Å². The Morgan fingerprint density at radius 3 is 2.82 bits per heavy atom. The lowest BCUT2D eigenvalue weighted by atomic mass is 10.1. The van der Waals surface area contributed by atoms with Gasteiger partial charge in [0.25, 0.3) is 0 Å². The Kier molecular flexibility index (Phi) is 3.14. The van der Waals surface area contributed by atoms with E-state index in [4.69, 9.17) is 4.74 Å². The summed E-state index contributed by atoms with van der Waals surface area (Å²) < 4.78 is 5.60. The van der Waals surface area contributed by atoms with E-state index in [0.29, 0.717) is 17.6 Å². The van der Waals surface area contributed by atoms with Gasteiger partial charge >= 0.3 is 0 Å². The fourth-order valence-electron chi connectivity index (χ4n) is 1.51. The molecule has 2 aromatic rings. The van der Waals surface area contributed by atoms with Crippen molar-refractivity contribution in [2.75, 3.05) is 0 Å². The number of rotatable bonds is 3. The highest BCUT2D eigenvalue weighted by Crippen LogP contribution is 2.25. The quantitative estimate of drug-likeness (QED) is 0.758. The Hall–Kier alpha value is -2.23. The number of carbonyl (C=O) groups excluding carboxylic acids is 1. The maximum atomic E-state index is 10.8. The van der Waals surface area contributed by atoms with E-state index in [0.717, 1.165) is 11.1 Å². The first-order chi connectivity index (χ1) is 8.20. The van der Waals surface area contributed by atoms with Gasteiger partial charge in [0.1, 0.15) is 12.1 Å². The standard InChI is InChI=1S/C13H12N2O2/c1-9-3-4-12(10(2)5-9)17-13-11(7-16)6-14-8-15-13/h3-8H,1-2H3. The van der Waals surface area contributed by atoms with Gasteiger partial charge in [-0.1, -0.05) is 17.7 Å². The largest absolute Gasteiger partial charge is 0.438 e. The number of aryl methyl sites for hydroxylation is 2. The van der Waals surface area contributed by atoms with E-state index in [-0.39, 0.29) is 5.88 Å². The minimum absolute atomic E-state index is 0.280. The van der Waals surface area contributed by atoms with Crippen molar-refractivity contribution in [2.45, 2.75) is 13.8 Å². The summed E-state index contributed by atoms with van der Waals surface area (Å²) >= 11 is 0. The van der Waals surface area contributed by atoms with Gasteiger partial charge in [-0.15, -0.1) is 0 Å². The Balaban J connectivity index is 2.34. The molecule has 2 rings (SSSR count). The first-order valence-corrected chi connectivity index (χ1v) is 5.21. The molecule has 4 nitrogen and oxygen atoms in total. The third-order valence-corrected chi connectivity index (χ3v) is 2.37. The van der Waals surface area contributed by atoms with Crippen LogP contribution in [0.25, 0.3) is 0 Å². The molecule has 0 saturated heterocycles. The van der Waals surface area contributed by atoms with E-state index < -0.39 is 0 Å². The third kappa shape index (κ3) is 2.47. The molecular weight excluding hydrogens is 216 g/mol. The molecule has 0 fully saturated rings. The van der Waals surface area contributed by atoms with Gasteiger partial charge in [0, 0.05) is 6.20 Å². The van der Waals surface area contributed by atoms with E-state index in [1.165, 1.54) is 12.5 Å². The molecule has 17 heavy (non-hydrogen) atoms. The van der Waals surface area contributed by atoms with Crippen LogP contribution in [0.5, 0.6) is 11.6 Å². The molecule has 1 aromatic carbocycles. The molecule has 0 bridgehead atoms. The fourth-order valence-corrected chi connectivity index (χ4v) is 1.51. The lowest BCUT2D eigenvalue weighted by Crippen LogP contribution is -1.96. The first-order valence-electron chi connectivity index (χ1n) is 5.21. The highest BCUT2D eigenvalue weighted by molar-refractivity contribution is 5.77. The molecule has 0 atom stereocenters. The van der Waals surface area contributed by atoms with Gasteiger partial charge in [0.2, 0.25) is 5.88 Å². The topological polar surface area (TPSA) is 52.1 Å². The first kappa shape index (κ1) is 11.3. The summed E-state index contributed by atoms with van der Waals surface area (Å²) in [6.07, 6.45) is 3.46. The fraction of sp³-hybridized carbons (Fsp3) is 0.154. The maximum absolute atomic E-state index is 10.8. The Morgan fingerprint density at radius 2 is 2.12 bits per heavy atom. The summed E-state index contributed by atoms with van der Waals surface area (Å²) in [7, 11) is 0. The lowest BCUT2D eigenvalue weighted by molar-refractivity contribution is 0.112. The minimum Gasteiger partial charge on any atom is -0.438 e. The molecule has 0 aliphatic carbocycles. The summed E-state index contributed by atoms with van der Waals surface area (Å²) in [4.78, 5) is 18.5. The van der Waals surface area contributed by atoms with Gasteiger partial charge in [-0.25, -0.2) is 9.97 Å². The number of benzene rings is 1. The average Bonchev–Trinajstić information content (AvgIpc) is 2.33. The van der Waals surface area contributed by atoms with Crippen molar-refractivity contribution in [3.05, 3.63) is 47.4 Å². The van der Waals surface area contributed by atoms with Crippen molar-refractivity contribution in [3.8, 4) is 11.6 Å². The van der Waals surface area contributed by atoms with E-state index in [1.54, 1.807) is 0 Å². The van der Waals surface area contributed by atoms with Crippen molar-refractivity contribution < 1.29 is 9.53 Å². The maximum Gasteiger partial charge on any atom is 0.232 e. The number of hydrogen-bond acceptors (Lipinski definition) is 4. The molecule has 0 radical (unpaired) electrons. The molecular formula is C13H12N2O2. The van der Waals surface area contributed by atoms with Gasteiger partial charge in [-0.05, 0) is 25.5 Å². The van der Waals surface area contributed by atoms with E-state index in [2.05, 4.69) is 9.97 Å². The van der Waals surface area contributed by atoms with Crippen LogP contribution in [-0.4, -0.2) is 16.3 Å². The number of ether oxygens (including phenoxy) is 1. The SMILES string of the molecule is Cc1ccc(Oc2ncncc2C=O)c(C)c1. The monoisotopic (exact) mass is 228 g/mol. The summed E-state index contributed by atoms with van der Waals surface area (Å²) in [6, 6.07) is 5.82. The van der Waals surface area contributed by atoms with Gasteiger partial charge in [-0.2, -0.15) is 0 Å². The Bertz CT molecular complexity index is 553. The van der Waals surface area contributed by atoms with Crippen molar-refractivity contribution in [1.29, 1.82) is 0 Å². The van der Waals surface area contributed by atoms with Gasteiger partial charge in [-0.3, -0.25) is 4.79 Å². The smallest absolute Gasteiger partial charge is 0.232 e. The molecule has 0 spiro atoms. The van der Waals surface area contributed by atoms with Crippen LogP contribution in [0.3, 0.4) is 0 Å². The second-order valence-electron chi connectivity index (χ2n) is 3.77. The molecule has 0 aliphatic rings. The van der Waals surface area contributed by atoms with Gasteiger partial charge in [0.05, 0.1) is 5.56 Å². The summed E-state index contributed by atoms with van der Waals surface area (Å²) in [5, 5.41) is 0. The molecule has 0 N–H and O–H groups in total. The van der Waals surface area contributed by atoms with Crippen LogP contribution in [-0.2, 0) is 0 Å². The number of carbonyl (C=O) groups is 1. The van der Waals surface area contributed by atoms with Crippen LogP contribution < -0.4 is 4.74 Å². The second-order valence-corrected chi connectivity index (χ2v) is 3.77. The molecule has 0 unspecified atom stereocenters. The Labute approximate surface area is 99.3 Å². The number of aromatic nitrogens is 2. The van der Waals surface area contributed by atoms with Crippen molar-refractivity contribution in [1.82, 2.24) is 9.97 Å². The zero-order valence-electron chi connectivity index (χ0n) is 9.68. The molecule has 4 heteroatoms. The van der Waals surface area contributed by atoms with Crippen LogP contribution in [0.4, 0.5) is 0 Å². The molecule has 1 heterocycles. The van der Waals surface area contributed by atoms with Crippen molar-refractivity contribution >= 4 is 6.29 Å². The summed E-state index contributed by atoms with van der Waals surface area (Å²) in [5.74, 6) is 0.972. The van der Waals surface area contributed by atoms with E-state index in [1.807, 2.05) is 32.0 Å². The van der Waals surface area contributed by atoms with Crippen LogP contribution in [0.15, 0.2) is 30.7 Å². The van der Waals surface area contributed by atoms with Gasteiger partial charge in [0.15, 0.2) is 6.29 Å². The van der Waals surface area contributed by atoms with Crippen LogP contribution in [0.2, 0.25) is 0 Å². The molecule has 0 saturated carbocycles. The minimum atomic E-state index is 0.280. The number of hydrogen-bond donors (Lipinski definition) is 0. The zero-order valence-corrected chi connectivity index (χ0v) is 9.68. The number of aldehydes is 1. The van der Waals surface area contributed by atoms with Crippen molar-refractivity contribution in [3.63, 3.8) is 0 Å². The highest BCUT2D eigenvalue weighted by Gasteiger charge is 2.07. The lowest BCUT2D eigenvalue weighted by Gasteiger charge is -2.09. The summed E-state index contributed by atoms with van der Waals surface area (Å²) in [5.41, 5.74) is 2.50. The van der Waals surface area contributed by atoms with Crippen molar-refractivity contribution in [2.24, 2.45) is 0 Å². The van der Waals surface area contributed by atoms with Crippen LogP contribution >= 0.6 is 0 Å². The van der Waals surface area contributed by atoms with Crippen LogP contribution in [0.1, 0.15) is 21.5 Å². The predicted molar refractivity (Wildman–Crippen MR) is 63.4 cm³/mol. The molecule has 86 valence electrons. The Morgan fingerprint density at radius 1 is 1.29 bits per heavy atom. The average molecular weight is 228 g/mol. The van der Waals surface area contributed by atoms with Crippen LogP contribution in [0, 0.1) is 13.8 Å². The third-order valence-electron chi connectivity index (χ3n) is 2.37. The summed E-state index contributed by atoms with van der Waals surface area (Å²) in [6.45, 7) is 3.96. The molecule has 1 aromatic heterocycles. The highest BCUT2D eigenvalue weighted by atomic mass is 16.5. The molecule has 0 amide bonds. The number of nitrogens with zero attached hydrogens (tertiary/aromatic N) is 2. The zero-order chi connectivity index (χ0) is 12.3. The van der Waals surface area contributed by atoms with E-state index in [9.17, 15) is 4.79 Å². The van der Waals surface area contributed by atoms with E-state index >= 15 is 0 Å². The second kappa shape index (κ2) is 4.74. The predicted octanol–water partition coefficient (Wildman–Crippen LogP) is 2.70. The molecule has 0 aliphatic heterocycles. The normalized spacial score (nSPS) is 10.0.